The first-order chi connectivity index (χ1) is 10.0. The molecule has 122 valence electrons. The van der Waals surface area contributed by atoms with Crippen LogP contribution >= 0.6 is 0 Å². The van der Waals surface area contributed by atoms with Crippen molar-refractivity contribution in [1.29, 1.82) is 0 Å². The van der Waals surface area contributed by atoms with Crippen molar-refractivity contribution in [1.82, 2.24) is 0 Å². The Morgan fingerprint density at radius 1 is 1.05 bits per heavy atom. The van der Waals surface area contributed by atoms with Gasteiger partial charge in [-0.25, -0.2) is 0 Å². The van der Waals surface area contributed by atoms with Gasteiger partial charge in [0.2, 0.25) is 0 Å². The van der Waals surface area contributed by atoms with Crippen LogP contribution in [0.4, 0.5) is 0 Å². The molecule has 3 rings (SSSR count). The average Bonchev–Trinajstić information content (AvgIpc) is 2.49. The summed E-state index contributed by atoms with van der Waals surface area (Å²) in [7, 11) is 0. The first kappa shape index (κ1) is 15.8. The quantitative estimate of drug-likeness (QED) is 0.722. The lowest BCUT2D eigenvalue weighted by atomic mass is 9.46. The molecule has 0 saturated heterocycles. The normalized spacial score (nSPS) is 50.3. The molecule has 6 atom stereocenters. The third-order valence-corrected chi connectivity index (χ3v) is 7.91. The Morgan fingerprint density at radius 2 is 1.86 bits per heavy atom. The van der Waals surface area contributed by atoms with E-state index in [2.05, 4.69) is 20.8 Å². The van der Waals surface area contributed by atoms with Crippen LogP contribution in [0, 0.1) is 29.1 Å². The lowest BCUT2D eigenvalue weighted by Gasteiger charge is -2.59. The van der Waals surface area contributed by atoms with Crippen molar-refractivity contribution in [3.63, 3.8) is 0 Å². The van der Waals surface area contributed by atoms with Crippen molar-refractivity contribution < 1.29 is 5.11 Å². The van der Waals surface area contributed by atoms with Gasteiger partial charge >= 0.3 is 0 Å². The molecule has 0 aliphatic heterocycles. The van der Waals surface area contributed by atoms with E-state index in [0.29, 0.717) is 5.41 Å². The van der Waals surface area contributed by atoms with Crippen LogP contribution in [0.3, 0.4) is 0 Å². The van der Waals surface area contributed by atoms with E-state index >= 15 is 0 Å². The summed E-state index contributed by atoms with van der Waals surface area (Å²) >= 11 is 0. The third kappa shape index (κ3) is 2.69. The van der Waals surface area contributed by atoms with Crippen LogP contribution in [0.15, 0.2) is 0 Å². The average molecular weight is 293 g/mol. The van der Waals surface area contributed by atoms with Crippen molar-refractivity contribution in [2.75, 3.05) is 0 Å². The van der Waals surface area contributed by atoms with Gasteiger partial charge in [-0.2, -0.15) is 0 Å². The third-order valence-electron chi connectivity index (χ3n) is 7.91. The Labute approximate surface area is 131 Å². The summed E-state index contributed by atoms with van der Waals surface area (Å²) in [6, 6.07) is 0. The Hall–Kier alpha value is -0.0400. The summed E-state index contributed by atoms with van der Waals surface area (Å²) in [4.78, 5) is 0. The van der Waals surface area contributed by atoms with Gasteiger partial charge in [0.25, 0.3) is 0 Å². The lowest BCUT2D eigenvalue weighted by Crippen LogP contribution is -2.53. The van der Waals surface area contributed by atoms with Crippen LogP contribution in [0.5, 0.6) is 0 Å². The Bertz CT molecular complexity index is 363. The highest BCUT2D eigenvalue weighted by molar-refractivity contribution is 5.04. The molecule has 3 fully saturated rings. The van der Waals surface area contributed by atoms with E-state index in [-0.39, 0.29) is 5.60 Å². The highest BCUT2D eigenvalue weighted by atomic mass is 16.3. The fraction of sp³-hybridized carbons (Fsp3) is 1.00. The highest BCUT2D eigenvalue weighted by Gasteiger charge is 2.54. The van der Waals surface area contributed by atoms with Crippen molar-refractivity contribution >= 4 is 0 Å². The Kier molecular flexibility index (Phi) is 4.43. The molecule has 0 aromatic rings. The molecule has 0 spiro atoms. The summed E-state index contributed by atoms with van der Waals surface area (Å²) in [6.07, 6.45) is 14.5. The van der Waals surface area contributed by atoms with E-state index in [1.54, 1.807) is 0 Å². The molecular weight excluding hydrogens is 256 g/mol. The summed E-state index contributed by atoms with van der Waals surface area (Å²) in [5.74, 6) is 3.77. The summed E-state index contributed by atoms with van der Waals surface area (Å²) < 4.78 is 0. The minimum Gasteiger partial charge on any atom is -0.390 e. The topological polar surface area (TPSA) is 20.2 Å². The van der Waals surface area contributed by atoms with Gasteiger partial charge in [-0.1, -0.05) is 46.5 Å². The summed E-state index contributed by atoms with van der Waals surface area (Å²) in [6.45, 7) is 7.13. The van der Waals surface area contributed by atoms with Crippen molar-refractivity contribution in [3.8, 4) is 0 Å². The van der Waals surface area contributed by atoms with Gasteiger partial charge in [0.1, 0.15) is 0 Å². The second-order valence-electron chi connectivity index (χ2n) is 8.81. The number of hydrogen-bond donors (Lipinski definition) is 1. The van der Waals surface area contributed by atoms with Crippen LogP contribution < -0.4 is 0 Å². The molecular formula is C20H36O. The molecule has 0 bridgehead atoms. The molecule has 0 radical (unpaired) electrons. The first-order valence-electron chi connectivity index (χ1n) is 9.75. The number of aliphatic hydroxyl groups is 1. The minimum absolute atomic E-state index is 0.339. The molecule has 1 heteroatoms. The maximum absolute atomic E-state index is 10.8. The zero-order chi connectivity index (χ0) is 15.1. The Balaban J connectivity index is 1.79. The van der Waals surface area contributed by atoms with Gasteiger partial charge in [0.15, 0.2) is 0 Å². The smallest absolute Gasteiger partial charge is 0.0648 e. The van der Waals surface area contributed by atoms with Gasteiger partial charge in [-0.15, -0.1) is 0 Å². The molecule has 1 unspecified atom stereocenters. The number of fused-ring (bicyclic) bond motifs is 3. The number of hydrogen-bond acceptors (Lipinski definition) is 1. The molecule has 1 N–H and O–H groups in total. The first-order valence-corrected chi connectivity index (χ1v) is 9.75. The van der Waals surface area contributed by atoms with Gasteiger partial charge in [-0.3, -0.25) is 0 Å². The molecule has 0 aromatic carbocycles. The number of rotatable bonds is 3. The zero-order valence-corrected chi connectivity index (χ0v) is 14.5. The van der Waals surface area contributed by atoms with Gasteiger partial charge in [0.05, 0.1) is 5.60 Å². The molecule has 3 saturated carbocycles. The monoisotopic (exact) mass is 292 g/mol. The predicted octanol–water partition coefficient (Wildman–Crippen LogP) is 5.56. The Morgan fingerprint density at radius 3 is 2.57 bits per heavy atom. The second kappa shape index (κ2) is 5.87. The van der Waals surface area contributed by atoms with E-state index in [9.17, 15) is 5.11 Å². The van der Waals surface area contributed by atoms with Crippen LogP contribution in [0.2, 0.25) is 0 Å². The van der Waals surface area contributed by atoms with E-state index < -0.39 is 0 Å². The summed E-state index contributed by atoms with van der Waals surface area (Å²) in [5.41, 5.74) is 0.200. The molecule has 0 aromatic heterocycles. The second-order valence-corrected chi connectivity index (χ2v) is 8.81. The fourth-order valence-corrected chi connectivity index (χ4v) is 6.48. The molecule has 0 heterocycles. The molecule has 0 amide bonds. The molecule has 3 aliphatic rings. The van der Waals surface area contributed by atoms with Gasteiger partial charge in [-0.05, 0) is 74.0 Å². The van der Waals surface area contributed by atoms with Gasteiger partial charge in [0, 0.05) is 0 Å². The zero-order valence-electron chi connectivity index (χ0n) is 14.5. The molecule has 1 nitrogen and oxygen atoms in total. The van der Waals surface area contributed by atoms with E-state index in [1.165, 1.54) is 51.4 Å². The van der Waals surface area contributed by atoms with Crippen LogP contribution in [-0.2, 0) is 0 Å². The van der Waals surface area contributed by atoms with Gasteiger partial charge < -0.3 is 5.11 Å². The maximum atomic E-state index is 10.8. The lowest BCUT2D eigenvalue weighted by molar-refractivity contribution is -0.134. The summed E-state index contributed by atoms with van der Waals surface area (Å²) in [5, 5.41) is 10.8. The SMILES string of the molecule is CCC[C@@H]1CCCC2[C@H]1CC[C@H]1C[C@](O)(CC)CC[C@]21C. The molecule has 3 aliphatic carbocycles. The predicted molar refractivity (Wildman–Crippen MR) is 89.2 cm³/mol. The van der Waals surface area contributed by atoms with Crippen molar-refractivity contribution in [2.45, 2.75) is 97.0 Å². The largest absolute Gasteiger partial charge is 0.390 e. The van der Waals surface area contributed by atoms with Crippen LogP contribution in [0.1, 0.15) is 91.4 Å². The van der Waals surface area contributed by atoms with Crippen molar-refractivity contribution in [2.24, 2.45) is 29.1 Å². The maximum Gasteiger partial charge on any atom is 0.0648 e. The van der Waals surface area contributed by atoms with E-state index in [4.69, 9.17) is 0 Å². The molecule has 21 heavy (non-hydrogen) atoms. The standard InChI is InChI=1S/C20H36O/c1-4-7-15-8-6-9-18-17(15)11-10-16-14-20(21,5-2)13-12-19(16,18)3/h15-18,21H,4-14H2,1-3H3/t15-,16+,17+,18?,19+,20+/m1/s1. The van der Waals surface area contributed by atoms with E-state index in [1.807, 2.05) is 0 Å². The fourth-order valence-electron chi connectivity index (χ4n) is 6.48. The minimum atomic E-state index is -0.339. The van der Waals surface area contributed by atoms with Crippen LogP contribution in [-0.4, -0.2) is 10.7 Å². The highest BCUT2D eigenvalue weighted by Crippen LogP contribution is 2.62. The van der Waals surface area contributed by atoms with Crippen LogP contribution in [0.25, 0.3) is 0 Å². The van der Waals surface area contributed by atoms with E-state index in [0.717, 1.165) is 42.9 Å². The van der Waals surface area contributed by atoms with Crippen molar-refractivity contribution in [3.05, 3.63) is 0 Å².